The highest BCUT2D eigenvalue weighted by atomic mass is 15.3. The van der Waals surface area contributed by atoms with E-state index in [0.717, 1.165) is 65.4 Å². The van der Waals surface area contributed by atoms with E-state index in [4.69, 9.17) is 4.98 Å². The van der Waals surface area contributed by atoms with Crippen molar-refractivity contribution >= 4 is 16.9 Å². The van der Waals surface area contributed by atoms with Crippen molar-refractivity contribution in [1.29, 1.82) is 0 Å². The molecule has 0 amide bonds. The fourth-order valence-corrected chi connectivity index (χ4v) is 4.07. The Bertz CT molecular complexity index is 1150. The first-order chi connectivity index (χ1) is 14.1. The highest BCUT2D eigenvalue weighted by molar-refractivity contribution is 5.89. The van der Waals surface area contributed by atoms with Crippen LogP contribution in [0.3, 0.4) is 0 Å². The predicted octanol–water partition coefficient (Wildman–Crippen LogP) is 2.85. The quantitative estimate of drug-likeness (QED) is 0.537. The minimum atomic E-state index is 0.416. The fourth-order valence-electron chi connectivity index (χ4n) is 4.07. The number of imidazole rings is 1. The van der Waals surface area contributed by atoms with Gasteiger partial charge in [0.1, 0.15) is 11.2 Å². The second kappa shape index (κ2) is 6.95. The first kappa shape index (κ1) is 17.8. The Morgan fingerprint density at radius 3 is 2.59 bits per heavy atom. The maximum absolute atomic E-state index is 5.06. The van der Waals surface area contributed by atoms with Crippen LogP contribution in [-0.2, 0) is 14.1 Å². The Balaban J connectivity index is 1.45. The Morgan fingerprint density at radius 2 is 1.90 bits per heavy atom. The van der Waals surface area contributed by atoms with Crippen LogP contribution in [0.4, 0.5) is 5.82 Å². The van der Waals surface area contributed by atoms with Crippen LogP contribution in [-0.4, -0.2) is 47.6 Å². The number of nitrogens with zero attached hydrogens (tertiary/aromatic N) is 8. The van der Waals surface area contributed by atoms with Crippen molar-refractivity contribution in [3.63, 3.8) is 0 Å². The number of aryl methyl sites for hydroxylation is 3. The molecule has 4 aromatic heterocycles. The number of pyridine rings is 1. The summed E-state index contributed by atoms with van der Waals surface area (Å²) in [7, 11) is 3.96. The molecule has 148 valence electrons. The largest absolute Gasteiger partial charge is 0.355 e. The molecular formula is C21H24N8. The molecule has 4 aromatic rings. The third-order valence-corrected chi connectivity index (χ3v) is 5.73. The third kappa shape index (κ3) is 3.24. The van der Waals surface area contributed by atoms with Gasteiger partial charge < -0.3 is 9.47 Å². The predicted molar refractivity (Wildman–Crippen MR) is 112 cm³/mol. The van der Waals surface area contributed by atoms with E-state index < -0.39 is 0 Å². The summed E-state index contributed by atoms with van der Waals surface area (Å²) < 4.78 is 3.87. The van der Waals surface area contributed by atoms with Gasteiger partial charge in [-0.3, -0.25) is 4.68 Å². The van der Waals surface area contributed by atoms with E-state index in [9.17, 15) is 0 Å². The molecule has 0 N–H and O–H groups in total. The Kier molecular flexibility index (Phi) is 4.26. The molecule has 1 aliphatic heterocycles. The summed E-state index contributed by atoms with van der Waals surface area (Å²) in [4.78, 5) is 12.0. The smallest absolute Gasteiger partial charge is 0.151 e. The molecule has 0 aliphatic carbocycles. The van der Waals surface area contributed by atoms with Crippen LogP contribution in [0.15, 0.2) is 36.9 Å². The lowest BCUT2D eigenvalue weighted by Crippen LogP contribution is -2.33. The molecule has 0 aromatic carbocycles. The molecule has 1 fully saturated rings. The van der Waals surface area contributed by atoms with Crippen LogP contribution in [0.5, 0.6) is 0 Å². The molecule has 0 atom stereocenters. The van der Waals surface area contributed by atoms with E-state index >= 15 is 0 Å². The van der Waals surface area contributed by atoms with E-state index in [1.807, 2.05) is 45.8 Å². The maximum Gasteiger partial charge on any atom is 0.151 e. The van der Waals surface area contributed by atoms with Crippen LogP contribution < -0.4 is 4.90 Å². The number of aromatic nitrogens is 7. The number of piperidine rings is 1. The van der Waals surface area contributed by atoms with Gasteiger partial charge in [0.05, 0.1) is 23.7 Å². The molecule has 0 unspecified atom stereocenters. The van der Waals surface area contributed by atoms with Crippen LogP contribution in [0.2, 0.25) is 0 Å². The summed E-state index contributed by atoms with van der Waals surface area (Å²) in [5, 5.41) is 12.9. The molecule has 8 heteroatoms. The SMILES string of the molecule is Cc1ccc(N2CCC(c3cc4c(ncn4C)c(-c4cnn(C)c4)n3)CC2)nn1. The minimum Gasteiger partial charge on any atom is -0.355 e. The van der Waals surface area contributed by atoms with Crippen molar-refractivity contribution in [2.45, 2.75) is 25.7 Å². The lowest BCUT2D eigenvalue weighted by Gasteiger charge is -2.32. The molecule has 5 rings (SSSR count). The van der Waals surface area contributed by atoms with E-state index in [-0.39, 0.29) is 0 Å². The molecule has 0 spiro atoms. The fraction of sp³-hybridized carbons (Fsp3) is 0.381. The molecule has 0 saturated carbocycles. The van der Waals surface area contributed by atoms with Gasteiger partial charge in [-0.1, -0.05) is 0 Å². The normalized spacial score (nSPS) is 15.3. The van der Waals surface area contributed by atoms with Gasteiger partial charge >= 0.3 is 0 Å². The number of fused-ring (bicyclic) bond motifs is 1. The molecule has 8 nitrogen and oxygen atoms in total. The summed E-state index contributed by atoms with van der Waals surface area (Å²) in [6, 6.07) is 6.28. The number of hydrogen-bond acceptors (Lipinski definition) is 6. The zero-order valence-electron chi connectivity index (χ0n) is 16.9. The summed E-state index contributed by atoms with van der Waals surface area (Å²) in [6.45, 7) is 3.87. The maximum atomic E-state index is 5.06. The lowest BCUT2D eigenvalue weighted by molar-refractivity contribution is 0.493. The van der Waals surface area contributed by atoms with Gasteiger partial charge in [0.25, 0.3) is 0 Å². The third-order valence-electron chi connectivity index (χ3n) is 5.73. The Hall–Kier alpha value is -3.29. The first-order valence-electron chi connectivity index (χ1n) is 9.95. The van der Waals surface area contributed by atoms with E-state index in [1.165, 1.54) is 0 Å². The molecule has 1 aliphatic rings. The van der Waals surface area contributed by atoms with Crippen LogP contribution in [0.25, 0.3) is 22.3 Å². The summed E-state index contributed by atoms with van der Waals surface area (Å²) >= 11 is 0. The molecular weight excluding hydrogens is 364 g/mol. The van der Waals surface area contributed by atoms with Gasteiger partial charge in [-0.2, -0.15) is 10.2 Å². The van der Waals surface area contributed by atoms with Crippen molar-refractivity contribution < 1.29 is 0 Å². The first-order valence-corrected chi connectivity index (χ1v) is 9.95. The average Bonchev–Trinajstić information content (AvgIpc) is 3.34. The van der Waals surface area contributed by atoms with Crippen molar-refractivity contribution in [2.24, 2.45) is 14.1 Å². The minimum absolute atomic E-state index is 0.416. The van der Waals surface area contributed by atoms with Gasteiger partial charge in [0, 0.05) is 50.6 Å². The van der Waals surface area contributed by atoms with Gasteiger partial charge in [-0.15, -0.1) is 5.10 Å². The van der Waals surface area contributed by atoms with Crippen LogP contribution in [0, 0.1) is 6.92 Å². The van der Waals surface area contributed by atoms with Gasteiger partial charge in [-0.25, -0.2) is 9.97 Å². The average molecular weight is 388 g/mol. The second-order valence-electron chi connectivity index (χ2n) is 7.82. The molecule has 0 bridgehead atoms. The standard InChI is InChI=1S/C21H24N8/c1-14-4-5-19(26-25-14)29-8-6-15(7-9-29)17-10-18-21(22-13-27(18)2)20(24-17)16-11-23-28(3)12-16/h4-5,10-13,15H,6-9H2,1-3H3. The number of rotatable bonds is 3. The van der Waals surface area contributed by atoms with Gasteiger partial charge in [0.15, 0.2) is 5.82 Å². The van der Waals surface area contributed by atoms with Crippen LogP contribution >= 0.6 is 0 Å². The summed E-state index contributed by atoms with van der Waals surface area (Å²) in [5.41, 5.74) is 6.04. The molecule has 1 saturated heterocycles. The van der Waals surface area contributed by atoms with Crippen molar-refractivity contribution in [1.82, 2.24) is 34.5 Å². The highest BCUT2D eigenvalue weighted by Gasteiger charge is 2.25. The van der Waals surface area contributed by atoms with Crippen molar-refractivity contribution in [2.75, 3.05) is 18.0 Å². The zero-order valence-corrected chi connectivity index (χ0v) is 16.9. The van der Waals surface area contributed by atoms with E-state index in [1.54, 1.807) is 4.68 Å². The molecule has 5 heterocycles. The van der Waals surface area contributed by atoms with Gasteiger partial charge in [-0.05, 0) is 38.0 Å². The van der Waals surface area contributed by atoms with Crippen molar-refractivity contribution in [3.8, 4) is 11.3 Å². The summed E-state index contributed by atoms with van der Waals surface area (Å²) in [5.74, 6) is 1.37. The van der Waals surface area contributed by atoms with Gasteiger partial charge in [0.2, 0.25) is 0 Å². The molecule has 29 heavy (non-hydrogen) atoms. The monoisotopic (exact) mass is 388 g/mol. The number of anilines is 1. The number of hydrogen-bond donors (Lipinski definition) is 0. The topological polar surface area (TPSA) is 77.5 Å². The van der Waals surface area contributed by atoms with Crippen molar-refractivity contribution in [3.05, 3.63) is 48.3 Å². The van der Waals surface area contributed by atoms with E-state index in [0.29, 0.717) is 5.92 Å². The summed E-state index contributed by atoms with van der Waals surface area (Å²) in [6.07, 6.45) is 7.79. The Morgan fingerprint density at radius 1 is 1.07 bits per heavy atom. The van der Waals surface area contributed by atoms with E-state index in [2.05, 4.69) is 41.9 Å². The lowest BCUT2D eigenvalue weighted by atomic mass is 9.92. The van der Waals surface area contributed by atoms with Crippen LogP contribution in [0.1, 0.15) is 30.1 Å². The Labute approximate surface area is 169 Å². The second-order valence-corrected chi connectivity index (χ2v) is 7.82. The highest BCUT2D eigenvalue weighted by Crippen LogP contribution is 2.33. The molecule has 0 radical (unpaired) electrons. The zero-order chi connectivity index (χ0) is 20.0.